The van der Waals surface area contributed by atoms with Crippen molar-refractivity contribution >= 4 is 0 Å². The van der Waals surface area contributed by atoms with E-state index in [2.05, 4.69) is 0 Å². The van der Waals surface area contributed by atoms with E-state index in [4.69, 9.17) is 5.73 Å². The van der Waals surface area contributed by atoms with E-state index in [-0.39, 0.29) is 12.4 Å². The van der Waals surface area contributed by atoms with Crippen molar-refractivity contribution in [2.75, 3.05) is 6.54 Å². The van der Waals surface area contributed by atoms with E-state index in [1.165, 1.54) is 6.07 Å². The summed E-state index contributed by atoms with van der Waals surface area (Å²) >= 11 is 0. The van der Waals surface area contributed by atoms with Crippen LogP contribution >= 0.6 is 0 Å². The SMILES string of the molecule is NC[C@]1(O)CCc2c(F)cccc21. The molecule has 1 aliphatic carbocycles. The largest absolute Gasteiger partial charge is 0.384 e. The molecule has 0 saturated heterocycles. The van der Waals surface area contributed by atoms with Crippen LogP contribution in [0.3, 0.4) is 0 Å². The number of halogens is 1. The molecule has 3 N–H and O–H groups in total. The summed E-state index contributed by atoms with van der Waals surface area (Å²) in [6.45, 7) is 0.156. The Bertz CT molecular complexity index is 340. The quantitative estimate of drug-likeness (QED) is 0.676. The fourth-order valence-corrected chi connectivity index (χ4v) is 1.93. The van der Waals surface area contributed by atoms with Crippen LogP contribution in [0.25, 0.3) is 0 Å². The normalized spacial score (nSPS) is 26.1. The van der Waals surface area contributed by atoms with Gasteiger partial charge >= 0.3 is 0 Å². The molecule has 3 heteroatoms. The van der Waals surface area contributed by atoms with Gasteiger partial charge in [0.25, 0.3) is 0 Å². The van der Waals surface area contributed by atoms with Gasteiger partial charge in [0.1, 0.15) is 11.4 Å². The predicted molar refractivity (Wildman–Crippen MR) is 47.7 cm³/mol. The standard InChI is InChI=1S/C10H12FNO/c11-9-3-1-2-8-7(9)4-5-10(8,13)6-12/h1-3,13H,4-6,12H2/t10-/m1/s1. The summed E-state index contributed by atoms with van der Waals surface area (Å²) in [5.41, 5.74) is 5.74. The number of benzene rings is 1. The lowest BCUT2D eigenvalue weighted by atomic mass is 9.96. The molecule has 1 aromatic rings. The molecule has 0 amide bonds. The molecule has 70 valence electrons. The maximum Gasteiger partial charge on any atom is 0.126 e. The second kappa shape index (κ2) is 2.79. The summed E-state index contributed by atoms with van der Waals surface area (Å²) in [6.07, 6.45) is 1.11. The second-order valence-corrected chi connectivity index (χ2v) is 3.50. The summed E-state index contributed by atoms with van der Waals surface area (Å²) in [4.78, 5) is 0. The van der Waals surface area contributed by atoms with Gasteiger partial charge < -0.3 is 10.8 Å². The van der Waals surface area contributed by atoms with Crippen molar-refractivity contribution < 1.29 is 9.50 Å². The summed E-state index contributed by atoms with van der Waals surface area (Å²) in [5.74, 6) is -0.234. The van der Waals surface area contributed by atoms with Crippen molar-refractivity contribution in [3.63, 3.8) is 0 Å². The van der Waals surface area contributed by atoms with Crippen LogP contribution in [0, 0.1) is 5.82 Å². The molecule has 1 atom stereocenters. The third-order valence-electron chi connectivity index (χ3n) is 2.75. The molecule has 2 nitrogen and oxygen atoms in total. The average molecular weight is 181 g/mol. The molecule has 0 fully saturated rings. The van der Waals surface area contributed by atoms with Gasteiger partial charge in [0.15, 0.2) is 0 Å². The number of hydrogen-bond acceptors (Lipinski definition) is 2. The smallest absolute Gasteiger partial charge is 0.126 e. The van der Waals surface area contributed by atoms with Crippen molar-refractivity contribution in [3.8, 4) is 0 Å². The zero-order chi connectivity index (χ0) is 9.47. The van der Waals surface area contributed by atoms with Gasteiger partial charge in [-0.2, -0.15) is 0 Å². The highest BCUT2D eigenvalue weighted by atomic mass is 19.1. The first-order valence-electron chi connectivity index (χ1n) is 4.38. The first-order chi connectivity index (χ1) is 6.17. The third kappa shape index (κ3) is 1.16. The van der Waals surface area contributed by atoms with Gasteiger partial charge in [-0.25, -0.2) is 4.39 Å². The van der Waals surface area contributed by atoms with Crippen molar-refractivity contribution in [1.82, 2.24) is 0 Å². The second-order valence-electron chi connectivity index (χ2n) is 3.50. The lowest BCUT2D eigenvalue weighted by Gasteiger charge is -2.21. The molecular formula is C10H12FNO. The average Bonchev–Trinajstić information content (AvgIpc) is 2.47. The van der Waals surface area contributed by atoms with E-state index in [0.717, 1.165) is 0 Å². The van der Waals surface area contributed by atoms with Gasteiger partial charge in [0.2, 0.25) is 0 Å². The fourth-order valence-electron chi connectivity index (χ4n) is 1.93. The fraction of sp³-hybridized carbons (Fsp3) is 0.400. The molecule has 0 unspecified atom stereocenters. The maximum absolute atomic E-state index is 13.2. The Morgan fingerprint density at radius 3 is 3.00 bits per heavy atom. The van der Waals surface area contributed by atoms with Crippen LogP contribution in [-0.2, 0) is 12.0 Å². The Morgan fingerprint density at radius 1 is 1.54 bits per heavy atom. The van der Waals surface area contributed by atoms with E-state index in [0.29, 0.717) is 24.0 Å². The number of rotatable bonds is 1. The Hall–Kier alpha value is -0.930. The molecule has 1 aliphatic rings. The monoisotopic (exact) mass is 181 g/mol. The molecule has 0 heterocycles. The Morgan fingerprint density at radius 2 is 2.31 bits per heavy atom. The van der Waals surface area contributed by atoms with E-state index < -0.39 is 5.60 Å². The first-order valence-corrected chi connectivity index (χ1v) is 4.38. The highest BCUT2D eigenvalue weighted by molar-refractivity contribution is 5.38. The van der Waals surface area contributed by atoms with E-state index in [1.54, 1.807) is 12.1 Å². The van der Waals surface area contributed by atoms with Gasteiger partial charge in [-0.15, -0.1) is 0 Å². The molecule has 0 saturated carbocycles. The number of hydrogen-bond donors (Lipinski definition) is 2. The van der Waals surface area contributed by atoms with Gasteiger partial charge in [-0.1, -0.05) is 12.1 Å². The number of nitrogens with two attached hydrogens (primary N) is 1. The number of aliphatic hydroxyl groups is 1. The first kappa shape index (κ1) is 8.66. The molecule has 13 heavy (non-hydrogen) atoms. The predicted octanol–water partition coefficient (Wildman–Crippen LogP) is 0.918. The zero-order valence-electron chi connectivity index (χ0n) is 7.26. The van der Waals surface area contributed by atoms with E-state index in [9.17, 15) is 9.50 Å². The third-order valence-corrected chi connectivity index (χ3v) is 2.75. The van der Waals surface area contributed by atoms with Crippen LogP contribution < -0.4 is 5.73 Å². The molecular weight excluding hydrogens is 169 g/mol. The van der Waals surface area contributed by atoms with E-state index >= 15 is 0 Å². The zero-order valence-corrected chi connectivity index (χ0v) is 7.26. The number of fused-ring (bicyclic) bond motifs is 1. The molecule has 0 bridgehead atoms. The molecule has 0 spiro atoms. The highest BCUT2D eigenvalue weighted by Gasteiger charge is 2.36. The van der Waals surface area contributed by atoms with Crippen molar-refractivity contribution in [1.29, 1.82) is 0 Å². The lowest BCUT2D eigenvalue weighted by Crippen LogP contribution is -2.32. The maximum atomic E-state index is 13.2. The van der Waals surface area contributed by atoms with Gasteiger partial charge in [-0.05, 0) is 30.0 Å². The van der Waals surface area contributed by atoms with Gasteiger partial charge in [0, 0.05) is 6.54 Å². The van der Waals surface area contributed by atoms with Crippen LogP contribution in [0.1, 0.15) is 17.5 Å². The summed E-state index contributed by atoms with van der Waals surface area (Å²) in [7, 11) is 0. The summed E-state index contributed by atoms with van der Waals surface area (Å²) in [6, 6.07) is 4.78. The minimum absolute atomic E-state index is 0.156. The van der Waals surface area contributed by atoms with Gasteiger partial charge in [-0.3, -0.25) is 0 Å². The van der Waals surface area contributed by atoms with Crippen LogP contribution in [0.4, 0.5) is 4.39 Å². The van der Waals surface area contributed by atoms with Gasteiger partial charge in [0.05, 0.1) is 0 Å². The minimum Gasteiger partial charge on any atom is -0.384 e. The van der Waals surface area contributed by atoms with E-state index in [1.807, 2.05) is 0 Å². The van der Waals surface area contributed by atoms with Crippen LogP contribution in [0.2, 0.25) is 0 Å². The van der Waals surface area contributed by atoms with Crippen molar-refractivity contribution in [2.45, 2.75) is 18.4 Å². The minimum atomic E-state index is -1.00. The molecule has 0 aromatic heterocycles. The highest BCUT2D eigenvalue weighted by Crippen LogP contribution is 2.36. The van der Waals surface area contributed by atoms with Crippen molar-refractivity contribution in [3.05, 3.63) is 35.1 Å². The Labute approximate surface area is 76.2 Å². The van der Waals surface area contributed by atoms with Crippen LogP contribution in [0.15, 0.2) is 18.2 Å². The van der Waals surface area contributed by atoms with Crippen LogP contribution in [-0.4, -0.2) is 11.7 Å². The van der Waals surface area contributed by atoms with Crippen molar-refractivity contribution in [2.24, 2.45) is 5.73 Å². The molecule has 0 radical (unpaired) electrons. The van der Waals surface area contributed by atoms with Crippen LogP contribution in [0.5, 0.6) is 0 Å². The molecule has 1 aromatic carbocycles. The summed E-state index contributed by atoms with van der Waals surface area (Å²) < 4.78 is 13.2. The Kier molecular flexibility index (Phi) is 1.86. The lowest BCUT2D eigenvalue weighted by molar-refractivity contribution is 0.0481. The topological polar surface area (TPSA) is 46.2 Å². The molecule has 0 aliphatic heterocycles. The summed E-state index contributed by atoms with van der Waals surface area (Å²) in [5, 5.41) is 9.98. The Balaban J connectivity index is 2.55. The molecule has 2 rings (SSSR count).